The first-order valence-corrected chi connectivity index (χ1v) is 8.65. The number of nitrogens with zero attached hydrogens (tertiary/aromatic N) is 3. The summed E-state index contributed by atoms with van der Waals surface area (Å²) >= 11 is 6.31. The number of phenolic OH excluding ortho intramolecular Hbond substituents is 1. The number of aromatic hydroxyl groups is 1. The first-order chi connectivity index (χ1) is 12.8. The van der Waals surface area contributed by atoms with Gasteiger partial charge in [0.15, 0.2) is 11.5 Å². The minimum atomic E-state index is -3.07. The van der Waals surface area contributed by atoms with E-state index in [0.717, 1.165) is 6.42 Å². The van der Waals surface area contributed by atoms with Gasteiger partial charge >= 0.3 is 6.61 Å². The molecule has 7 nitrogen and oxygen atoms in total. The second kappa shape index (κ2) is 8.10. The molecule has 0 aliphatic carbocycles. The highest BCUT2D eigenvalue weighted by molar-refractivity contribution is 6.31. The number of nitrogens with two attached hydrogens (primary N) is 1. The van der Waals surface area contributed by atoms with Crippen molar-refractivity contribution in [2.24, 2.45) is 0 Å². The van der Waals surface area contributed by atoms with Gasteiger partial charge in [0, 0.05) is 36.0 Å². The molecule has 1 aliphatic heterocycles. The van der Waals surface area contributed by atoms with Gasteiger partial charge in [-0.05, 0) is 25.0 Å². The van der Waals surface area contributed by atoms with E-state index in [9.17, 15) is 13.9 Å². The molecule has 3 rings (SSSR count). The smallest absolute Gasteiger partial charge is 0.387 e. The number of phenols is 1. The monoisotopic (exact) mass is 400 g/mol. The Morgan fingerprint density at radius 3 is 2.85 bits per heavy atom. The van der Waals surface area contributed by atoms with Crippen molar-refractivity contribution >= 4 is 23.4 Å². The van der Waals surface area contributed by atoms with E-state index in [1.807, 2.05) is 4.90 Å². The normalized spacial score (nSPS) is 17.8. The van der Waals surface area contributed by atoms with Crippen LogP contribution in [0.4, 0.5) is 20.5 Å². The van der Waals surface area contributed by atoms with Crippen LogP contribution in [0.5, 0.6) is 11.5 Å². The van der Waals surface area contributed by atoms with Crippen LogP contribution < -0.4 is 15.4 Å². The molecule has 0 saturated carbocycles. The van der Waals surface area contributed by atoms with Crippen LogP contribution in [-0.2, 0) is 4.74 Å². The second-order valence-electron chi connectivity index (χ2n) is 6.08. The summed E-state index contributed by atoms with van der Waals surface area (Å²) in [6.45, 7) is 0.162. The highest BCUT2D eigenvalue weighted by Crippen LogP contribution is 2.39. The molecule has 2 heterocycles. The number of anilines is 2. The Morgan fingerprint density at radius 2 is 2.15 bits per heavy atom. The molecule has 0 spiro atoms. The Morgan fingerprint density at radius 1 is 1.37 bits per heavy atom. The lowest BCUT2D eigenvalue weighted by atomic mass is 10.0. The van der Waals surface area contributed by atoms with E-state index in [2.05, 4.69) is 14.7 Å². The van der Waals surface area contributed by atoms with Crippen LogP contribution in [0, 0.1) is 6.92 Å². The Kier molecular flexibility index (Phi) is 5.81. The average molecular weight is 401 g/mol. The molecule has 1 aromatic heterocycles. The van der Waals surface area contributed by atoms with Crippen molar-refractivity contribution in [1.82, 2.24) is 9.97 Å². The molecule has 1 aromatic carbocycles. The number of rotatable bonds is 4. The summed E-state index contributed by atoms with van der Waals surface area (Å²) in [5.41, 5.74) is 6.99. The minimum absolute atomic E-state index is 0.142. The van der Waals surface area contributed by atoms with Crippen molar-refractivity contribution in [3.63, 3.8) is 0 Å². The third-order valence-electron chi connectivity index (χ3n) is 4.15. The van der Waals surface area contributed by atoms with Gasteiger partial charge in [-0.15, -0.1) is 0 Å². The summed E-state index contributed by atoms with van der Waals surface area (Å²) in [6, 6.07) is 3.86. The summed E-state index contributed by atoms with van der Waals surface area (Å²) in [7, 11) is 0. The summed E-state index contributed by atoms with van der Waals surface area (Å²) < 4.78 is 34.9. The van der Waals surface area contributed by atoms with Crippen LogP contribution in [0.15, 0.2) is 18.2 Å². The first-order valence-electron chi connectivity index (χ1n) is 8.28. The van der Waals surface area contributed by atoms with Gasteiger partial charge in [-0.2, -0.15) is 13.8 Å². The molecular weight excluding hydrogens is 382 g/mol. The number of hydrogen-bond donors (Lipinski definition) is 2. The number of aromatic nitrogens is 2. The van der Waals surface area contributed by atoms with Gasteiger partial charge in [0.25, 0.3) is 0 Å². The van der Waals surface area contributed by atoms with Gasteiger partial charge in [-0.1, -0.05) is 11.6 Å². The fraction of sp³-hybridized carbons (Fsp3) is 0.412. The molecule has 0 amide bonds. The quantitative estimate of drug-likeness (QED) is 0.813. The lowest BCUT2D eigenvalue weighted by Gasteiger charge is -2.31. The van der Waals surface area contributed by atoms with Gasteiger partial charge in [-0.25, -0.2) is 4.98 Å². The third-order valence-corrected chi connectivity index (χ3v) is 4.47. The van der Waals surface area contributed by atoms with Crippen LogP contribution in [0.2, 0.25) is 5.02 Å². The third kappa shape index (κ3) is 4.48. The molecule has 1 fully saturated rings. The summed E-state index contributed by atoms with van der Waals surface area (Å²) in [5, 5.41) is 10.3. The van der Waals surface area contributed by atoms with Gasteiger partial charge < -0.3 is 25.2 Å². The van der Waals surface area contributed by atoms with E-state index >= 15 is 0 Å². The van der Waals surface area contributed by atoms with Crippen molar-refractivity contribution in [3.05, 3.63) is 34.5 Å². The number of halogens is 3. The number of hydrogen-bond acceptors (Lipinski definition) is 7. The lowest BCUT2D eigenvalue weighted by molar-refractivity contribution is -0.0512. The van der Waals surface area contributed by atoms with Crippen LogP contribution in [-0.4, -0.2) is 41.4 Å². The summed E-state index contributed by atoms with van der Waals surface area (Å²) in [5.74, 6) is -0.0817. The van der Waals surface area contributed by atoms with E-state index in [0.29, 0.717) is 30.2 Å². The van der Waals surface area contributed by atoms with Crippen LogP contribution in [0.1, 0.15) is 23.7 Å². The van der Waals surface area contributed by atoms with E-state index in [1.54, 1.807) is 13.0 Å². The number of nitrogen functional groups attached to an aromatic ring is 1. The molecule has 146 valence electrons. The molecule has 27 heavy (non-hydrogen) atoms. The zero-order chi connectivity index (χ0) is 19.6. The maximum atomic E-state index is 12.5. The largest absolute Gasteiger partial charge is 0.504 e. The summed E-state index contributed by atoms with van der Waals surface area (Å²) in [4.78, 5) is 10.3. The van der Waals surface area contributed by atoms with Gasteiger partial charge in [0.2, 0.25) is 5.95 Å². The zero-order valence-electron chi connectivity index (χ0n) is 14.5. The maximum Gasteiger partial charge on any atom is 0.387 e. The predicted molar refractivity (Wildman–Crippen MR) is 96.5 cm³/mol. The molecule has 1 unspecified atom stereocenters. The number of benzene rings is 1. The van der Waals surface area contributed by atoms with Crippen molar-refractivity contribution in [2.75, 3.05) is 30.4 Å². The van der Waals surface area contributed by atoms with Crippen LogP contribution >= 0.6 is 11.6 Å². The van der Waals surface area contributed by atoms with E-state index in [1.165, 1.54) is 12.1 Å². The van der Waals surface area contributed by atoms with Crippen molar-refractivity contribution in [2.45, 2.75) is 26.0 Å². The van der Waals surface area contributed by atoms with Gasteiger partial charge in [0.1, 0.15) is 5.82 Å². The molecule has 0 bridgehead atoms. The Balaban J connectivity index is 2.02. The number of aryl methyl sites for hydroxylation is 1. The minimum Gasteiger partial charge on any atom is -0.504 e. The Labute approximate surface area is 159 Å². The number of ether oxygens (including phenoxy) is 2. The van der Waals surface area contributed by atoms with Crippen LogP contribution in [0.25, 0.3) is 0 Å². The Bertz CT molecular complexity index is 805. The predicted octanol–water partition coefficient (Wildman–Crippen LogP) is 3.30. The van der Waals surface area contributed by atoms with Crippen molar-refractivity contribution in [3.8, 4) is 11.5 Å². The van der Waals surface area contributed by atoms with Crippen molar-refractivity contribution in [1.29, 1.82) is 0 Å². The van der Waals surface area contributed by atoms with Crippen LogP contribution in [0.3, 0.4) is 0 Å². The lowest BCUT2D eigenvalue weighted by Crippen LogP contribution is -2.32. The topological polar surface area (TPSA) is 93.7 Å². The fourth-order valence-corrected chi connectivity index (χ4v) is 3.32. The highest BCUT2D eigenvalue weighted by atomic mass is 35.5. The molecule has 1 aliphatic rings. The second-order valence-corrected chi connectivity index (χ2v) is 6.49. The van der Waals surface area contributed by atoms with E-state index < -0.39 is 18.4 Å². The zero-order valence-corrected chi connectivity index (χ0v) is 15.3. The van der Waals surface area contributed by atoms with E-state index in [4.69, 9.17) is 22.1 Å². The fourth-order valence-electron chi connectivity index (χ4n) is 3.04. The molecule has 3 N–H and O–H groups in total. The molecule has 0 radical (unpaired) electrons. The molecule has 10 heteroatoms. The molecule has 1 saturated heterocycles. The molecule has 1 atom stereocenters. The Hall–Kier alpha value is -2.39. The number of alkyl halides is 2. The average Bonchev–Trinajstić information content (AvgIpc) is 2.82. The highest BCUT2D eigenvalue weighted by Gasteiger charge is 2.28. The molecular formula is C17H19ClF2N4O3. The van der Waals surface area contributed by atoms with Gasteiger partial charge in [0.05, 0.1) is 12.6 Å². The van der Waals surface area contributed by atoms with Gasteiger partial charge in [-0.3, -0.25) is 0 Å². The standard InChI is InChI=1S/C17H19ClF2N4O3/c1-9-5-15(23-17(21)22-9)24-3-2-4-26-8-12(24)10-6-13(25)14(7-11(10)18)27-16(19)20/h5-7,12,16,25H,2-4,8H2,1H3,(H2,21,22,23). The summed E-state index contributed by atoms with van der Waals surface area (Å²) in [6.07, 6.45) is 0.746. The maximum absolute atomic E-state index is 12.5. The SMILES string of the molecule is Cc1cc(N2CCCOCC2c2cc(O)c(OC(F)F)cc2Cl)nc(N)n1. The van der Waals surface area contributed by atoms with E-state index in [-0.39, 0.29) is 23.3 Å². The first kappa shape index (κ1) is 19.4. The molecule has 2 aromatic rings. The van der Waals surface area contributed by atoms with Crippen molar-refractivity contribution < 1.29 is 23.4 Å².